The van der Waals surface area contributed by atoms with Crippen LogP contribution in [-0.4, -0.2) is 28.1 Å². The van der Waals surface area contributed by atoms with Crippen molar-refractivity contribution in [3.8, 4) is 0 Å². The van der Waals surface area contributed by atoms with E-state index in [1.54, 1.807) is 12.1 Å². The van der Waals surface area contributed by atoms with E-state index in [1.165, 1.54) is 19.3 Å². The molecule has 1 aliphatic heterocycles. The molecule has 3 atom stereocenters. The lowest BCUT2D eigenvalue weighted by Gasteiger charge is -2.25. The van der Waals surface area contributed by atoms with Gasteiger partial charge in [-0.25, -0.2) is 9.97 Å². The van der Waals surface area contributed by atoms with Gasteiger partial charge >= 0.3 is 0 Å². The van der Waals surface area contributed by atoms with E-state index in [9.17, 15) is 4.79 Å². The minimum Gasteiger partial charge on any atom is -0.361 e. The highest BCUT2D eigenvalue weighted by molar-refractivity contribution is 6.36. The summed E-state index contributed by atoms with van der Waals surface area (Å²) in [5.74, 6) is 1.33. The second-order valence-corrected chi connectivity index (χ2v) is 8.74. The Labute approximate surface area is 219 Å². The molecule has 0 fully saturated rings. The van der Waals surface area contributed by atoms with Crippen molar-refractivity contribution in [3.63, 3.8) is 0 Å². The maximum Gasteiger partial charge on any atom is 0.152 e. The van der Waals surface area contributed by atoms with E-state index in [2.05, 4.69) is 48.0 Å². The molecule has 0 amide bonds. The Morgan fingerprint density at radius 2 is 1.94 bits per heavy atom. The van der Waals surface area contributed by atoms with E-state index >= 15 is 0 Å². The number of hydrogen-bond acceptors (Lipinski definition) is 6. The SMILES string of the molecule is C=CC(C)=O.CC.CCC(C)CC(CC)OC1C=c2c(Nc3ccc(Cl)cc3Cl)ncnc2=CN1. The van der Waals surface area contributed by atoms with Gasteiger partial charge in [-0.05, 0) is 56.0 Å². The molecule has 0 spiro atoms. The fourth-order valence-electron chi connectivity index (χ4n) is 3.09. The Balaban J connectivity index is 0.000000779. The topological polar surface area (TPSA) is 76.1 Å². The first-order valence-electron chi connectivity index (χ1n) is 12.1. The molecule has 1 aliphatic rings. The monoisotopic (exact) mass is 520 g/mol. The third-order valence-electron chi connectivity index (χ3n) is 5.25. The van der Waals surface area contributed by atoms with Gasteiger partial charge in [0.1, 0.15) is 18.4 Å². The average molecular weight is 522 g/mol. The molecule has 3 unspecified atom stereocenters. The standard InChI is InChI=1S/C21H26Cl2N4O.C4H6O.C2H6/c1-4-13(3)8-15(5-2)28-20-10-16-19(11-24-20)25-12-26-21(16)27-18-7-6-14(22)9-17(18)23;1-3-4(2)5;1-2/h6-7,9-13,15,20,24H,4-5,8H2,1-3H3,(H,25,26,27);3H,1H2,2H3;1-2H3. The van der Waals surface area contributed by atoms with Crippen LogP contribution in [0.5, 0.6) is 0 Å². The van der Waals surface area contributed by atoms with Crippen molar-refractivity contribution in [2.75, 3.05) is 5.32 Å². The number of hydrogen-bond donors (Lipinski definition) is 2. The lowest BCUT2D eigenvalue weighted by atomic mass is 9.99. The molecule has 0 saturated carbocycles. The summed E-state index contributed by atoms with van der Waals surface area (Å²) in [6, 6.07) is 5.31. The van der Waals surface area contributed by atoms with Crippen LogP contribution in [0.2, 0.25) is 10.0 Å². The summed E-state index contributed by atoms with van der Waals surface area (Å²) in [7, 11) is 0. The smallest absolute Gasteiger partial charge is 0.152 e. The van der Waals surface area contributed by atoms with Gasteiger partial charge in [-0.15, -0.1) is 0 Å². The highest BCUT2D eigenvalue weighted by Crippen LogP contribution is 2.26. The van der Waals surface area contributed by atoms with Crippen molar-refractivity contribution in [3.05, 3.63) is 57.8 Å². The second-order valence-electron chi connectivity index (χ2n) is 7.90. The minimum atomic E-state index is -0.228. The average Bonchev–Trinajstić information content (AvgIpc) is 2.87. The molecule has 0 saturated heterocycles. The Hall–Kier alpha value is -2.41. The van der Waals surface area contributed by atoms with E-state index in [0.717, 1.165) is 35.5 Å². The molecular formula is C27H38Cl2N4O2. The molecule has 8 heteroatoms. The maximum absolute atomic E-state index is 9.69. The summed E-state index contributed by atoms with van der Waals surface area (Å²) in [5, 5.41) is 9.37. The quantitative estimate of drug-likeness (QED) is 0.395. The van der Waals surface area contributed by atoms with Crippen LogP contribution in [0, 0.1) is 5.92 Å². The highest BCUT2D eigenvalue weighted by Gasteiger charge is 2.18. The summed E-state index contributed by atoms with van der Waals surface area (Å²) in [6.45, 7) is 15.3. The van der Waals surface area contributed by atoms with Gasteiger partial charge in [-0.1, -0.05) is 70.8 Å². The number of carbonyl (C=O) groups excluding carboxylic acids is 1. The van der Waals surface area contributed by atoms with Crippen molar-refractivity contribution in [2.24, 2.45) is 5.92 Å². The zero-order valence-electron chi connectivity index (χ0n) is 21.6. The number of anilines is 2. The van der Waals surface area contributed by atoms with Gasteiger partial charge in [-0.2, -0.15) is 0 Å². The molecule has 6 nitrogen and oxygen atoms in total. The number of allylic oxidation sites excluding steroid dienone is 1. The van der Waals surface area contributed by atoms with E-state index in [1.807, 2.05) is 32.2 Å². The van der Waals surface area contributed by atoms with Crippen molar-refractivity contribution in [2.45, 2.75) is 73.1 Å². The van der Waals surface area contributed by atoms with Gasteiger partial charge in [0.25, 0.3) is 0 Å². The summed E-state index contributed by atoms with van der Waals surface area (Å²) in [5.41, 5.74) is 0.736. The number of nitrogens with zero attached hydrogens (tertiary/aromatic N) is 2. The molecule has 2 heterocycles. The van der Waals surface area contributed by atoms with Gasteiger partial charge in [0.2, 0.25) is 0 Å². The number of nitrogens with one attached hydrogen (secondary N) is 2. The van der Waals surface area contributed by atoms with Crippen LogP contribution in [0.15, 0.2) is 37.2 Å². The molecule has 35 heavy (non-hydrogen) atoms. The Morgan fingerprint density at radius 1 is 1.26 bits per heavy atom. The van der Waals surface area contributed by atoms with E-state index in [0.29, 0.717) is 21.8 Å². The first kappa shape index (κ1) is 30.6. The van der Waals surface area contributed by atoms with Crippen LogP contribution in [-0.2, 0) is 9.53 Å². The van der Waals surface area contributed by atoms with Crippen molar-refractivity contribution >= 4 is 52.8 Å². The predicted molar refractivity (Wildman–Crippen MR) is 148 cm³/mol. The highest BCUT2D eigenvalue weighted by atomic mass is 35.5. The Kier molecular flexibility index (Phi) is 14.3. The van der Waals surface area contributed by atoms with Crippen molar-refractivity contribution < 1.29 is 9.53 Å². The molecule has 0 aliphatic carbocycles. The first-order valence-corrected chi connectivity index (χ1v) is 12.8. The number of benzene rings is 1. The summed E-state index contributed by atoms with van der Waals surface area (Å²) in [6.07, 6.45) is 9.82. The fraction of sp³-hybridized carbons (Fsp3) is 0.444. The lowest BCUT2D eigenvalue weighted by molar-refractivity contribution is -0.112. The van der Waals surface area contributed by atoms with Crippen molar-refractivity contribution in [1.29, 1.82) is 0 Å². The molecule has 2 N–H and O–H groups in total. The predicted octanol–water partition coefficient (Wildman–Crippen LogP) is 5.99. The van der Waals surface area contributed by atoms with Crippen LogP contribution < -0.4 is 21.2 Å². The molecule has 0 radical (unpaired) electrons. The fourth-order valence-corrected chi connectivity index (χ4v) is 3.54. The van der Waals surface area contributed by atoms with E-state index in [-0.39, 0.29) is 18.1 Å². The molecule has 192 valence electrons. The zero-order chi connectivity index (χ0) is 26.4. The van der Waals surface area contributed by atoms with Gasteiger partial charge < -0.3 is 15.4 Å². The largest absolute Gasteiger partial charge is 0.361 e. The third-order valence-corrected chi connectivity index (χ3v) is 5.79. The van der Waals surface area contributed by atoms with Gasteiger partial charge in [0, 0.05) is 16.4 Å². The van der Waals surface area contributed by atoms with Crippen LogP contribution >= 0.6 is 23.2 Å². The molecule has 2 aromatic rings. The Morgan fingerprint density at radius 3 is 2.51 bits per heavy atom. The van der Waals surface area contributed by atoms with Gasteiger partial charge in [0.15, 0.2) is 5.78 Å². The molecule has 3 rings (SSSR count). The van der Waals surface area contributed by atoms with Crippen LogP contribution in [0.1, 0.15) is 60.8 Å². The van der Waals surface area contributed by atoms with Crippen LogP contribution in [0.25, 0.3) is 12.3 Å². The number of fused-ring (bicyclic) bond motifs is 1. The first-order chi connectivity index (χ1) is 16.8. The third kappa shape index (κ3) is 10.4. The van der Waals surface area contributed by atoms with Crippen LogP contribution in [0.4, 0.5) is 11.5 Å². The number of rotatable bonds is 9. The number of ketones is 1. The molecule has 1 aromatic carbocycles. The number of aromatic nitrogens is 2. The van der Waals surface area contributed by atoms with E-state index in [4.69, 9.17) is 27.9 Å². The molecular weight excluding hydrogens is 483 g/mol. The summed E-state index contributed by atoms with van der Waals surface area (Å²) >= 11 is 12.3. The zero-order valence-corrected chi connectivity index (χ0v) is 23.1. The Bertz CT molecular complexity index is 1080. The van der Waals surface area contributed by atoms with E-state index < -0.39 is 0 Å². The van der Waals surface area contributed by atoms with Crippen molar-refractivity contribution in [1.82, 2.24) is 15.3 Å². The normalized spacial score (nSPS) is 15.1. The number of ether oxygens (including phenoxy) is 1. The molecule has 1 aromatic heterocycles. The van der Waals surface area contributed by atoms with Gasteiger partial charge in [0.05, 0.1) is 22.2 Å². The molecule has 0 bridgehead atoms. The number of halogens is 2. The summed E-state index contributed by atoms with van der Waals surface area (Å²) in [4.78, 5) is 18.4. The van der Waals surface area contributed by atoms with Gasteiger partial charge in [-0.3, -0.25) is 4.79 Å². The van der Waals surface area contributed by atoms with Crippen LogP contribution in [0.3, 0.4) is 0 Å². The maximum atomic E-state index is 9.69. The second kappa shape index (κ2) is 16.3. The lowest BCUT2D eigenvalue weighted by Crippen LogP contribution is -2.44. The summed E-state index contributed by atoms with van der Waals surface area (Å²) < 4.78 is 6.29. The number of carbonyl (C=O) groups is 1. The minimum absolute atomic E-state index is 0.0185.